The predicted molar refractivity (Wildman–Crippen MR) is 90.1 cm³/mol. The molecule has 0 spiro atoms. The summed E-state index contributed by atoms with van der Waals surface area (Å²) in [5, 5.41) is 13.1. The second kappa shape index (κ2) is 7.15. The standard InChI is InChI=1S/C14H18N2OS3/c1-3-5-6-10-9-19-12(15-10)8-7-11-13(17)16(4-2)14(18)20-11/h7-9,17H,3-6H2,1-2H3. The van der Waals surface area contributed by atoms with Gasteiger partial charge >= 0.3 is 0 Å². The summed E-state index contributed by atoms with van der Waals surface area (Å²) in [5.74, 6) is 0.251. The van der Waals surface area contributed by atoms with Crippen molar-refractivity contribution in [1.29, 1.82) is 0 Å². The molecule has 0 saturated heterocycles. The number of nitrogens with zero attached hydrogens (tertiary/aromatic N) is 2. The van der Waals surface area contributed by atoms with Gasteiger partial charge in [-0.25, -0.2) is 4.98 Å². The van der Waals surface area contributed by atoms with Gasteiger partial charge in [-0.05, 0) is 44.1 Å². The monoisotopic (exact) mass is 326 g/mol. The third-order valence-corrected chi connectivity index (χ3v) is 5.21. The minimum absolute atomic E-state index is 0.251. The lowest BCUT2D eigenvalue weighted by Gasteiger charge is -1.97. The molecular formula is C14H18N2OS3. The first-order valence-electron chi connectivity index (χ1n) is 6.70. The lowest BCUT2D eigenvalue weighted by molar-refractivity contribution is 0.419. The molecule has 0 aromatic carbocycles. The molecule has 0 aliphatic heterocycles. The number of hydrogen-bond acceptors (Lipinski definition) is 5. The molecule has 0 aliphatic carbocycles. The van der Waals surface area contributed by atoms with Crippen LogP contribution in [-0.2, 0) is 13.0 Å². The summed E-state index contributed by atoms with van der Waals surface area (Å²) in [6.07, 6.45) is 7.24. The molecule has 108 valence electrons. The van der Waals surface area contributed by atoms with Crippen LogP contribution in [0.3, 0.4) is 0 Å². The zero-order chi connectivity index (χ0) is 14.5. The van der Waals surface area contributed by atoms with E-state index in [0.29, 0.717) is 10.5 Å². The summed E-state index contributed by atoms with van der Waals surface area (Å²) < 4.78 is 2.43. The van der Waals surface area contributed by atoms with Crippen LogP contribution >= 0.6 is 34.9 Å². The van der Waals surface area contributed by atoms with E-state index in [2.05, 4.69) is 17.3 Å². The van der Waals surface area contributed by atoms with Gasteiger partial charge in [-0.2, -0.15) is 0 Å². The molecule has 0 fully saturated rings. The molecule has 1 N–H and O–H groups in total. The van der Waals surface area contributed by atoms with Gasteiger partial charge in [0.25, 0.3) is 0 Å². The van der Waals surface area contributed by atoms with Crippen molar-refractivity contribution in [2.24, 2.45) is 0 Å². The van der Waals surface area contributed by atoms with E-state index in [1.165, 1.54) is 24.2 Å². The van der Waals surface area contributed by atoms with E-state index in [4.69, 9.17) is 12.2 Å². The molecule has 20 heavy (non-hydrogen) atoms. The Balaban J connectivity index is 2.13. The van der Waals surface area contributed by atoms with Gasteiger partial charge in [0.2, 0.25) is 5.88 Å². The van der Waals surface area contributed by atoms with Crippen molar-refractivity contribution in [3.8, 4) is 5.88 Å². The minimum atomic E-state index is 0.251. The number of aromatic nitrogens is 2. The lowest BCUT2D eigenvalue weighted by atomic mass is 10.2. The average Bonchev–Trinajstić information content (AvgIpc) is 2.99. The first-order valence-corrected chi connectivity index (χ1v) is 8.81. The Labute approximate surface area is 132 Å². The number of hydrogen-bond donors (Lipinski definition) is 1. The summed E-state index contributed by atoms with van der Waals surface area (Å²) in [4.78, 5) is 5.36. The van der Waals surface area contributed by atoms with Crippen molar-refractivity contribution in [2.75, 3.05) is 0 Å². The van der Waals surface area contributed by atoms with Crippen LogP contribution in [0.1, 0.15) is 42.3 Å². The fourth-order valence-electron chi connectivity index (χ4n) is 1.82. The van der Waals surface area contributed by atoms with Gasteiger partial charge in [0, 0.05) is 11.9 Å². The van der Waals surface area contributed by atoms with Gasteiger partial charge in [-0.1, -0.05) is 13.3 Å². The number of unbranched alkanes of at least 4 members (excludes halogenated alkanes) is 1. The highest BCUT2D eigenvalue weighted by Gasteiger charge is 2.07. The van der Waals surface area contributed by atoms with E-state index >= 15 is 0 Å². The average molecular weight is 327 g/mol. The van der Waals surface area contributed by atoms with Crippen LogP contribution in [0, 0.1) is 3.95 Å². The summed E-state index contributed by atoms with van der Waals surface area (Å²) in [6.45, 7) is 4.84. The second-order valence-electron chi connectivity index (χ2n) is 4.41. The zero-order valence-corrected chi connectivity index (χ0v) is 14.1. The van der Waals surface area contributed by atoms with Crippen molar-refractivity contribution in [3.63, 3.8) is 0 Å². The maximum Gasteiger partial charge on any atom is 0.210 e. The molecule has 0 atom stereocenters. The maximum atomic E-state index is 10.0. The van der Waals surface area contributed by atoms with Crippen LogP contribution in [0.25, 0.3) is 12.2 Å². The Kier molecular flexibility index (Phi) is 5.51. The highest BCUT2D eigenvalue weighted by Crippen LogP contribution is 2.28. The number of aromatic hydroxyl groups is 1. The van der Waals surface area contributed by atoms with E-state index in [-0.39, 0.29) is 5.88 Å². The van der Waals surface area contributed by atoms with Crippen LogP contribution in [-0.4, -0.2) is 14.7 Å². The molecule has 0 radical (unpaired) electrons. The van der Waals surface area contributed by atoms with Crippen molar-refractivity contribution >= 4 is 47.0 Å². The smallest absolute Gasteiger partial charge is 0.210 e. The third kappa shape index (κ3) is 3.56. The number of rotatable bonds is 6. The SMILES string of the molecule is CCCCc1csc(C=Cc2sc(=S)n(CC)c2O)n1. The van der Waals surface area contributed by atoms with E-state index in [1.807, 2.05) is 19.1 Å². The zero-order valence-electron chi connectivity index (χ0n) is 11.6. The molecule has 0 aliphatic rings. The Morgan fingerprint density at radius 2 is 2.20 bits per heavy atom. The van der Waals surface area contributed by atoms with Gasteiger partial charge in [-0.3, -0.25) is 4.57 Å². The van der Waals surface area contributed by atoms with Crippen molar-refractivity contribution in [1.82, 2.24) is 9.55 Å². The quantitative estimate of drug-likeness (QED) is 0.761. The van der Waals surface area contributed by atoms with Crippen LogP contribution < -0.4 is 0 Å². The number of thiazole rings is 2. The van der Waals surface area contributed by atoms with Gasteiger partial charge in [0.15, 0.2) is 3.95 Å². The molecule has 0 amide bonds. The maximum absolute atomic E-state index is 10.0. The Hall–Kier alpha value is -0.980. The van der Waals surface area contributed by atoms with Crippen LogP contribution in [0.5, 0.6) is 5.88 Å². The Morgan fingerprint density at radius 1 is 1.40 bits per heavy atom. The van der Waals surface area contributed by atoms with Crippen LogP contribution in [0.15, 0.2) is 5.38 Å². The summed E-state index contributed by atoms with van der Waals surface area (Å²) in [7, 11) is 0. The normalized spacial score (nSPS) is 11.5. The highest BCUT2D eigenvalue weighted by molar-refractivity contribution is 7.73. The molecule has 2 heterocycles. The van der Waals surface area contributed by atoms with E-state index in [1.54, 1.807) is 15.9 Å². The fraction of sp³-hybridized carbons (Fsp3) is 0.429. The van der Waals surface area contributed by atoms with Gasteiger partial charge < -0.3 is 5.11 Å². The van der Waals surface area contributed by atoms with E-state index < -0.39 is 0 Å². The van der Waals surface area contributed by atoms with E-state index in [9.17, 15) is 5.11 Å². The fourth-order valence-corrected chi connectivity index (χ4v) is 3.90. The largest absolute Gasteiger partial charge is 0.493 e. The molecule has 0 unspecified atom stereocenters. The molecule has 2 rings (SSSR count). The van der Waals surface area contributed by atoms with Crippen molar-refractivity contribution in [2.45, 2.75) is 39.7 Å². The molecule has 2 aromatic rings. The van der Waals surface area contributed by atoms with Gasteiger partial charge in [0.05, 0.1) is 10.6 Å². The van der Waals surface area contributed by atoms with E-state index in [0.717, 1.165) is 22.0 Å². The van der Waals surface area contributed by atoms with Crippen molar-refractivity contribution < 1.29 is 5.11 Å². The topological polar surface area (TPSA) is 38.0 Å². The van der Waals surface area contributed by atoms with Crippen molar-refractivity contribution in [3.05, 3.63) is 24.9 Å². The molecule has 0 saturated carbocycles. The first-order chi connectivity index (χ1) is 9.65. The molecule has 2 aromatic heterocycles. The molecular weight excluding hydrogens is 308 g/mol. The summed E-state index contributed by atoms with van der Waals surface area (Å²) >= 11 is 8.27. The molecule has 3 nitrogen and oxygen atoms in total. The van der Waals surface area contributed by atoms with Crippen LogP contribution in [0.4, 0.5) is 0 Å². The predicted octanol–water partition coefficient (Wildman–Crippen LogP) is 4.97. The van der Waals surface area contributed by atoms with Gasteiger partial charge in [-0.15, -0.1) is 22.7 Å². The summed E-state index contributed by atoms with van der Waals surface area (Å²) in [6, 6.07) is 0. The van der Waals surface area contributed by atoms with Gasteiger partial charge in [0.1, 0.15) is 5.01 Å². The lowest BCUT2D eigenvalue weighted by Crippen LogP contribution is -1.91. The highest BCUT2D eigenvalue weighted by atomic mass is 32.1. The first kappa shape index (κ1) is 15.4. The summed E-state index contributed by atoms with van der Waals surface area (Å²) in [5.41, 5.74) is 1.15. The Morgan fingerprint density at radius 3 is 2.85 bits per heavy atom. The van der Waals surface area contributed by atoms with Crippen LogP contribution in [0.2, 0.25) is 0 Å². The Bertz CT molecular complexity index is 652. The molecule has 6 heteroatoms. The third-order valence-electron chi connectivity index (χ3n) is 2.94. The molecule has 0 bridgehead atoms. The minimum Gasteiger partial charge on any atom is -0.493 e. The number of aryl methyl sites for hydroxylation is 1. The second-order valence-corrected chi connectivity index (χ2v) is 6.98.